The average molecular weight is 320 g/mol. The molecule has 2 aromatic carbocycles. The van der Waals surface area contributed by atoms with E-state index >= 15 is 0 Å². The van der Waals surface area contributed by atoms with E-state index in [9.17, 15) is 13.6 Å². The van der Waals surface area contributed by atoms with Crippen LogP contribution in [0.25, 0.3) is 0 Å². The highest BCUT2D eigenvalue weighted by Gasteiger charge is 2.07. The number of ether oxygens (including phenoxy) is 1. The molecule has 4 nitrogen and oxygen atoms in total. The van der Waals surface area contributed by atoms with Gasteiger partial charge in [-0.1, -0.05) is 19.1 Å². The van der Waals surface area contributed by atoms with E-state index in [-0.39, 0.29) is 18.8 Å². The lowest BCUT2D eigenvalue weighted by Gasteiger charge is -2.10. The van der Waals surface area contributed by atoms with Gasteiger partial charge in [0.2, 0.25) is 0 Å². The van der Waals surface area contributed by atoms with Gasteiger partial charge in [0.1, 0.15) is 24.0 Å². The number of urea groups is 1. The number of carbonyl (C=O) groups excluding carboxylic acids is 1. The lowest BCUT2D eigenvalue weighted by atomic mass is 10.2. The molecule has 23 heavy (non-hydrogen) atoms. The van der Waals surface area contributed by atoms with E-state index in [0.717, 1.165) is 24.3 Å². The normalized spacial score (nSPS) is 10.2. The van der Waals surface area contributed by atoms with Gasteiger partial charge in [0, 0.05) is 6.07 Å². The fourth-order valence-electron chi connectivity index (χ4n) is 1.95. The Morgan fingerprint density at radius 1 is 1.17 bits per heavy atom. The number of rotatable bonds is 6. The van der Waals surface area contributed by atoms with Crippen molar-refractivity contribution in [1.82, 2.24) is 5.32 Å². The first kappa shape index (κ1) is 16.7. The van der Waals surface area contributed by atoms with Gasteiger partial charge in [0.15, 0.2) is 0 Å². The SMILES string of the molecule is CCc1cccc(OCCNC(=O)Nc2ccc(F)cc2F)c1. The van der Waals surface area contributed by atoms with E-state index in [4.69, 9.17) is 4.74 Å². The first-order chi connectivity index (χ1) is 11.1. The number of carbonyl (C=O) groups is 1. The Hall–Kier alpha value is -2.63. The summed E-state index contributed by atoms with van der Waals surface area (Å²) in [5.74, 6) is -0.792. The summed E-state index contributed by atoms with van der Waals surface area (Å²) < 4.78 is 31.7. The summed E-state index contributed by atoms with van der Waals surface area (Å²) >= 11 is 0. The topological polar surface area (TPSA) is 50.4 Å². The molecule has 0 unspecified atom stereocenters. The lowest BCUT2D eigenvalue weighted by Crippen LogP contribution is -2.32. The Morgan fingerprint density at radius 2 is 2.00 bits per heavy atom. The molecule has 0 heterocycles. The van der Waals surface area contributed by atoms with E-state index in [1.54, 1.807) is 0 Å². The Labute approximate surface area is 133 Å². The average Bonchev–Trinajstić information content (AvgIpc) is 2.54. The monoisotopic (exact) mass is 320 g/mol. The molecule has 0 radical (unpaired) electrons. The zero-order chi connectivity index (χ0) is 16.7. The molecule has 2 aromatic rings. The number of hydrogen-bond acceptors (Lipinski definition) is 2. The zero-order valence-corrected chi connectivity index (χ0v) is 12.7. The Balaban J connectivity index is 1.74. The smallest absolute Gasteiger partial charge is 0.319 e. The first-order valence-corrected chi connectivity index (χ1v) is 7.30. The summed E-state index contributed by atoms with van der Waals surface area (Å²) in [4.78, 5) is 11.6. The van der Waals surface area contributed by atoms with Crippen molar-refractivity contribution in [3.63, 3.8) is 0 Å². The van der Waals surface area contributed by atoms with Crippen molar-refractivity contribution < 1.29 is 18.3 Å². The zero-order valence-electron chi connectivity index (χ0n) is 12.7. The van der Waals surface area contributed by atoms with Crippen LogP contribution in [0.3, 0.4) is 0 Å². The second-order valence-electron chi connectivity index (χ2n) is 4.85. The van der Waals surface area contributed by atoms with Crippen LogP contribution in [0.15, 0.2) is 42.5 Å². The van der Waals surface area contributed by atoms with Crippen molar-refractivity contribution in [1.29, 1.82) is 0 Å². The van der Waals surface area contributed by atoms with E-state index in [1.165, 1.54) is 5.56 Å². The second kappa shape index (κ2) is 8.12. The largest absolute Gasteiger partial charge is 0.492 e. The molecule has 0 saturated heterocycles. The van der Waals surface area contributed by atoms with Gasteiger partial charge in [0.25, 0.3) is 0 Å². The standard InChI is InChI=1S/C17H18F2N2O2/c1-2-12-4-3-5-14(10-12)23-9-8-20-17(22)21-16-7-6-13(18)11-15(16)19/h3-7,10-11H,2,8-9H2,1H3,(H2,20,21,22). The number of amides is 2. The van der Waals surface area contributed by atoms with Gasteiger partial charge >= 0.3 is 6.03 Å². The van der Waals surface area contributed by atoms with Gasteiger partial charge < -0.3 is 15.4 Å². The molecular formula is C17H18F2N2O2. The maximum atomic E-state index is 13.4. The van der Waals surface area contributed by atoms with E-state index in [2.05, 4.69) is 17.6 Å². The predicted molar refractivity (Wildman–Crippen MR) is 84.7 cm³/mol. The Kier molecular flexibility index (Phi) is 5.91. The molecule has 0 fully saturated rings. The number of anilines is 1. The third-order valence-electron chi connectivity index (χ3n) is 3.14. The maximum absolute atomic E-state index is 13.4. The molecule has 2 amide bonds. The van der Waals surface area contributed by atoms with Crippen molar-refractivity contribution in [3.05, 3.63) is 59.7 Å². The quantitative estimate of drug-likeness (QED) is 0.797. The van der Waals surface area contributed by atoms with E-state index in [1.807, 2.05) is 24.3 Å². The van der Waals surface area contributed by atoms with Crippen LogP contribution in [0.5, 0.6) is 5.75 Å². The molecular weight excluding hydrogens is 302 g/mol. The fraction of sp³-hybridized carbons (Fsp3) is 0.235. The number of hydrogen-bond donors (Lipinski definition) is 2. The minimum absolute atomic E-state index is 0.0829. The lowest BCUT2D eigenvalue weighted by molar-refractivity contribution is 0.247. The third-order valence-corrected chi connectivity index (χ3v) is 3.14. The number of nitrogens with one attached hydrogen (secondary N) is 2. The van der Waals surface area contributed by atoms with Gasteiger partial charge in [-0.05, 0) is 36.2 Å². The molecule has 0 saturated carbocycles. The predicted octanol–water partition coefficient (Wildman–Crippen LogP) is 3.73. The van der Waals surface area contributed by atoms with Crippen LogP contribution in [-0.4, -0.2) is 19.2 Å². The van der Waals surface area contributed by atoms with Crippen molar-refractivity contribution in [2.45, 2.75) is 13.3 Å². The minimum atomic E-state index is -0.826. The van der Waals surface area contributed by atoms with Crippen LogP contribution < -0.4 is 15.4 Å². The van der Waals surface area contributed by atoms with Gasteiger partial charge in [0.05, 0.1) is 12.2 Å². The van der Waals surface area contributed by atoms with Gasteiger partial charge in [-0.15, -0.1) is 0 Å². The summed E-state index contributed by atoms with van der Waals surface area (Å²) in [5.41, 5.74) is 1.08. The molecule has 0 aliphatic carbocycles. The third kappa shape index (κ3) is 5.25. The Morgan fingerprint density at radius 3 is 2.74 bits per heavy atom. The van der Waals surface area contributed by atoms with Gasteiger partial charge in [-0.25, -0.2) is 13.6 Å². The highest BCUT2D eigenvalue weighted by Crippen LogP contribution is 2.15. The van der Waals surface area contributed by atoms with Crippen LogP contribution in [0.1, 0.15) is 12.5 Å². The summed E-state index contributed by atoms with van der Waals surface area (Å²) in [5, 5.41) is 4.84. The van der Waals surface area contributed by atoms with E-state index in [0.29, 0.717) is 6.07 Å². The summed E-state index contributed by atoms with van der Waals surface area (Å²) in [6, 6.07) is 10.1. The number of benzene rings is 2. The van der Waals surface area contributed by atoms with Crippen molar-refractivity contribution >= 4 is 11.7 Å². The summed E-state index contributed by atoms with van der Waals surface area (Å²) in [6.07, 6.45) is 0.918. The van der Waals surface area contributed by atoms with Crippen LogP contribution in [0, 0.1) is 11.6 Å². The van der Waals surface area contributed by atoms with Crippen LogP contribution in [-0.2, 0) is 6.42 Å². The molecule has 6 heteroatoms. The fourth-order valence-corrected chi connectivity index (χ4v) is 1.95. The molecule has 0 aromatic heterocycles. The number of halogens is 2. The molecule has 0 bridgehead atoms. The Bertz CT molecular complexity index is 677. The van der Waals surface area contributed by atoms with Crippen LogP contribution in [0.4, 0.5) is 19.3 Å². The number of aryl methyl sites for hydroxylation is 1. The molecule has 122 valence electrons. The van der Waals surface area contributed by atoms with Crippen molar-refractivity contribution in [2.75, 3.05) is 18.5 Å². The molecule has 2 rings (SSSR count). The molecule has 0 aliphatic heterocycles. The molecule has 0 atom stereocenters. The second-order valence-corrected chi connectivity index (χ2v) is 4.85. The van der Waals surface area contributed by atoms with Crippen molar-refractivity contribution in [3.8, 4) is 5.75 Å². The minimum Gasteiger partial charge on any atom is -0.492 e. The van der Waals surface area contributed by atoms with Gasteiger partial charge in [-0.2, -0.15) is 0 Å². The van der Waals surface area contributed by atoms with E-state index < -0.39 is 17.7 Å². The highest BCUT2D eigenvalue weighted by atomic mass is 19.1. The first-order valence-electron chi connectivity index (χ1n) is 7.30. The molecule has 0 spiro atoms. The van der Waals surface area contributed by atoms with Crippen LogP contribution >= 0.6 is 0 Å². The molecule has 0 aliphatic rings. The summed E-state index contributed by atoms with van der Waals surface area (Å²) in [6.45, 7) is 2.59. The summed E-state index contributed by atoms with van der Waals surface area (Å²) in [7, 11) is 0. The van der Waals surface area contributed by atoms with Crippen molar-refractivity contribution in [2.24, 2.45) is 0 Å². The highest BCUT2D eigenvalue weighted by molar-refractivity contribution is 5.89. The van der Waals surface area contributed by atoms with Gasteiger partial charge in [-0.3, -0.25) is 0 Å². The maximum Gasteiger partial charge on any atom is 0.319 e. The molecule has 2 N–H and O–H groups in total. The van der Waals surface area contributed by atoms with Crippen LogP contribution in [0.2, 0.25) is 0 Å².